The van der Waals surface area contributed by atoms with Crippen LogP contribution in [-0.2, 0) is 4.79 Å². The fourth-order valence-electron chi connectivity index (χ4n) is 0.0359. The molecule has 0 rings (SSSR count). The van der Waals surface area contributed by atoms with E-state index in [4.69, 9.17) is 4.79 Å². The molecule has 0 aliphatic rings. The minimum absolute atomic E-state index is 0.539. The summed E-state index contributed by atoms with van der Waals surface area (Å²) in [7, 11) is 0. The van der Waals surface area contributed by atoms with Crippen molar-refractivity contribution >= 4 is 32.6 Å². The van der Waals surface area contributed by atoms with Gasteiger partial charge in [0.05, 0.1) is 0 Å². The van der Waals surface area contributed by atoms with E-state index in [1.807, 2.05) is 0 Å². The standard InChI is InChI=1S/C2INO2/c3-2(6)4-1-5. The molecule has 0 aliphatic carbocycles. The third-order valence-electron chi connectivity index (χ3n) is 0.134. The lowest BCUT2D eigenvalue weighted by atomic mass is 11.3. The summed E-state index contributed by atoms with van der Waals surface area (Å²) >= 11 is 1.37. The van der Waals surface area contributed by atoms with Crippen LogP contribution in [0.5, 0.6) is 0 Å². The number of hydrogen-bond donors (Lipinski definition) is 0. The van der Waals surface area contributed by atoms with Crippen molar-refractivity contribution < 1.29 is 9.59 Å². The Morgan fingerprint density at radius 3 is 2.33 bits per heavy atom. The van der Waals surface area contributed by atoms with Gasteiger partial charge in [0.2, 0.25) is 6.08 Å². The van der Waals surface area contributed by atoms with E-state index < -0.39 is 3.91 Å². The first-order valence-corrected chi connectivity index (χ1v) is 2.12. The van der Waals surface area contributed by atoms with Gasteiger partial charge in [0.25, 0.3) is 0 Å². The molecule has 0 saturated carbocycles. The van der Waals surface area contributed by atoms with Crippen LogP contribution in [0.2, 0.25) is 0 Å². The van der Waals surface area contributed by atoms with Crippen LogP contribution in [0.4, 0.5) is 4.79 Å². The fourth-order valence-corrected chi connectivity index (χ4v) is 0.134. The zero-order chi connectivity index (χ0) is 4.99. The summed E-state index contributed by atoms with van der Waals surface area (Å²) in [6.45, 7) is 0. The minimum Gasteiger partial charge on any atom is -0.259 e. The summed E-state index contributed by atoms with van der Waals surface area (Å²) in [6, 6.07) is 0. The van der Waals surface area contributed by atoms with Crippen LogP contribution >= 0.6 is 22.6 Å². The van der Waals surface area contributed by atoms with Crippen LogP contribution in [-0.4, -0.2) is 9.99 Å². The quantitative estimate of drug-likeness (QED) is 0.190. The van der Waals surface area contributed by atoms with Crippen molar-refractivity contribution in [3.63, 3.8) is 0 Å². The maximum absolute atomic E-state index is 9.60. The number of rotatable bonds is 0. The minimum atomic E-state index is -0.539. The second-order valence-corrected chi connectivity index (χ2v) is 1.38. The Kier molecular flexibility index (Phi) is 2.88. The van der Waals surface area contributed by atoms with E-state index in [-0.39, 0.29) is 0 Å². The second kappa shape index (κ2) is 2.99. The van der Waals surface area contributed by atoms with Gasteiger partial charge in [-0.15, -0.1) is 4.99 Å². The molecule has 0 heterocycles. The van der Waals surface area contributed by atoms with Crippen molar-refractivity contribution in [2.24, 2.45) is 4.99 Å². The molecule has 0 spiro atoms. The largest absolute Gasteiger partial charge is 0.316 e. The topological polar surface area (TPSA) is 46.5 Å². The number of nitrogens with zero attached hydrogens (tertiary/aromatic N) is 1. The van der Waals surface area contributed by atoms with E-state index in [0.717, 1.165) is 6.08 Å². The van der Waals surface area contributed by atoms with Crippen molar-refractivity contribution in [3.8, 4) is 0 Å². The van der Waals surface area contributed by atoms with Crippen molar-refractivity contribution in [3.05, 3.63) is 0 Å². The lowest BCUT2D eigenvalue weighted by Gasteiger charge is -1.58. The van der Waals surface area contributed by atoms with E-state index in [9.17, 15) is 4.79 Å². The second-order valence-electron chi connectivity index (χ2n) is 0.456. The van der Waals surface area contributed by atoms with Crippen molar-refractivity contribution in [1.29, 1.82) is 0 Å². The predicted octanol–water partition coefficient (Wildman–Crippen LogP) is 0.877. The van der Waals surface area contributed by atoms with Crippen LogP contribution in [0.3, 0.4) is 0 Å². The molecule has 0 aromatic rings. The molecular formula is C2INO2. The average Bonchev–Trinajstić information content (AvgIpc) is 1.35. The van der Waals surface area contributed by atoms with Gasteiger partial charge < -0.3 is 0 Å². The van der Waals surface area contributed by atoms with E-state index >= 15 is 0 Å². The molecule has 6 heavy (non-hydrogen) atoms. The highest BCUT2D eigenvalue weighted by molar-refractivity contribution is 14.1. The highest BCUT2D eigenvalue weighted by atomic mass is 127. The Morgan fingerprint density at radius 1 is 1.83 bits per heavy atom. The van der Waals surface area contributed by atoms with Crippen LogP contribution in [0.15, 0.2) is 4.99 Å². The van der Waals surface area contributed by atoms with E-state index in [1.54, 1.807) is 0 Å². The van der Waals surface area contributed by atoms with Gasteiger partial charge >= 0.3 is 3.91 Å². The van der Waals surface area contributed by atoms with Crippen molar-refractivity contribution in [2.45, 2.75) is 0 Å². The average molecular weight is 197 g/mol. The molecule has 0 aromatic heterocycles. The summed E-state index contributed by atoms with van der Waals surface area (Å²) in [4.78, 5) is 21.4. The third kappa shape index (κ3) is 3.78. The lowest BCUT2D eigenvalue weighted by Crippen LogP contribution is -1.65. The normalized spacial score (nSPS) is 6.17. The molecule has 0 bridgehead atoms. The van der Waals surface area contributed by atoms with Gasteiger partial charge in [-0.1, -0.05) is 0 Å². The molecule has 0 aliphatic heterocycles. The van der Waals surface area contributed by atoms with Gasteiger partial charge in [0.15, 0.2) is 0 Å². The van der Waals surface area contributed by atoms with Crippen molar-refractivity contribution in [1.82, 2.24) is 0 Å². The number of isocyanates is 1. The maximum atomic E-state index is 9.60. The molecule has 0 aromatic carbocycles. The van der Waals surface area contributed by atoms with Crippen LogP contribution in [0.1, 0.15) is 0 Å². The summed E-state index contributed by atoms with van der Waals surface area (Å²) in [6.07, 6.45) is 1.09. The van der Waals surface area contributed by atoms with Crippen molar-refractivity contribution in [2.75, 3.05) is 0 Å². The van der Waals surface area contributed by atoms with E-state index in [1.165, 1.54) is 22.6 Å². The third-order valence-corrected chi connectivity index (χ3v) is 0.375. The number of hydrogen-bond acceptors (Lipinski definition) is 2. The van der Waals surface area contributed by atoms with Crippen LogP contribution in [0.25, 0.3) is 0 Å². The van der Waals surface area contributed by atoms with E-state index in [2.05, 4.69) is 4.99 Å². The molecule has 0 unspecified atom stereocenters. The van der Waals surface area contributed by atoms with Gasteiger partial charge in [0, 0.05) is 22.6 Å². The molecule has 4 heteroatoms. The van der Waals surface area contributed by atoms with Crippen LogP contribution < -0.4 is 0 Å². The molecule has 32 valence electrons. The first-order chi connectivity index (χ1) is 2.77. The Balaban J connectivity index is 3.60. The zero-order valence-electron chi connectivity index (χ0n) is 2.64. The monoisotopic (exact) mass is 197 g/mol. The number of halogens is 1. The summed E-state index contributed by atoms with van der Waals surface area (Å²) in [5, 5.41) is 0. The highest BCUT2D eigenvalue weighted by Crippen LogP contribution is 1.85. The smallest absolute Gasteiger partial charge is 0.259 e. The SMILES string of the molecule is O=C=NC(=O)I. The van der Waals surface area contributed by atoms with Gasteiger partial charge in [-0.2, -0.15) is 0 Å². The van der Waals surface area contributed by atoms with Gasteiger partial charge in [0.1, 0.15) is 0 Å². The number of amides is 1. The fraction of sp³-hybridized carbons (Fsp3) is 0. The summed E-state index contributed by atoms with van der Waals surface area (Å²) in [5.74, 6) is 0. The Bertz CT molecular complexity index is 104. The van der Waals surface area contributed by atoms with Crippen LogP contribution in [0, 0.1) is 0 Å². The van der Waals surface area contributed by atoms with Gasteiger partial charge in [-0.3, -0.25) is 4.79 Å². The molecule has 0 N–H and O–H groups in total. The lowest BCUT2D eigenvalue weighted by molar-refractivity contribution is 0.269. The first-order valence-electron chi connectivity index (χ1n) is 1.04. The van der Waals surface area contributed by atoms with E-state index in [0.29, 0.717) is 0 Å². The molecule has 0 fully saturated rings. The predicted molar refractivity (Wildman–Crippen MR) is 27.5 cm³/mol. The summed E-state index contributed by atoms with van der Waals surface area (Å²) < 4.78 is -0.539. The Hall–Kier alpha value is -0.220. The molecule has 0 atom stereocenters. The number of carbonyl (C=O) groups is 1. The number of aliphatic imine (C=N–C) groups is 1. The Morgan fingerprint density at radius 2 is 2.33 bits per heavy atom. The first kappa shape index (κ1) is 5.78. The highest BCUT2D eigenvalue weighted by Gasteiger charge is 1.79. The maximum Gasteiger partial charge on any atom is 0.316 e. The molecule has 0 saturated heterocycles. The molecule has 1 amide bonds. The van der Waals surface area contributed by atoms with Gasteiger partial charge in [-0.05, 0) is 0 Å². The molecule has 3 nitrogen and oxygen atoms in total. The molecule has 0 radical (unpaired) electrons. The van der Waals surface area contributed by atoms with Gasteiger partial charge in [-0.25, -0.2) is 4.79 Å². The number of carbonyl (C=O) groups excluding carboxylic acids is 2. The Labute approximate surface area is 47.6 Å². The molecular weight excluding hydrogens is 197 g/mol. The summed E-state index contributed by atoms with van der Waals surface area (Å²) in [5.41, 5.74) is 0. The zero-order valence-corrected chi connectivity index (χ0v) is 4.80.